The van der Waals surface area contributed by atoms with E-state index < -0.39 is 6.04 Å². The molecule has 22 heavy (non-hydrogen) atoms. The van der Waals surface area contributed by atoms with Crippen molar-refractivity contribution in [1.82, 2.24) is 0 Å². The van der Waals surface area contributed by atoms with Crippen molar-refractivity contribution in [3.8, 4) is 11.5 Å². The van der Waals surface area contributed by atoms with Crippen LogP contribution in [0.2, 0.25) is 0 Å². The van der Waals surface area contributed by atoms with E-state index in [1.165, 1.54) is 5.56 Å². The van der Waals surface area contributed by atoms with Gasteiger partial charge in [0.1, 0.15) is 6.04 Å². The lowest BCUT2D eigenvalue weighted by Gasteiger charge is -2.45. The molecule has 2 aromatic rings. The van der Waals surface area contributed by atoms with Crippen LogP contribution >= 0.6 is 0 Å². The summed E-state index contributed by atoms with van der Waals surface area (Å²) in [5, 5.41) is 0. The number of nitrogens with two attached hydrogens (primary N) is 1. The summed E-state index contributed by atoms with van der Waals surface area (Å²) in [6.45, 7) is 2.25. The second-order valence-corrected chi connectivity index (χ2v) is 5.63. The van der Waals surface area contributed by atoms with Gasteiger partial charge in [-0.05, 0) is 24.6 Å². The van der Waals surface area contributed by atoms with Crippen LogP contribution in [0.4, 0.5) is 5.69 Å². The van der Waals surface area contributed by atoms with Gasteiger partial charge >= 0.3 is 0 Å². The minimum Gasteiger partial charge on any atom is -0.454 e. The van der Waals surface area contributed by atoms with Gasteiger partial charge in [0.05, 0.1) is 6.04 Å². The lowest BCUT2D eigenvalue weighted by Crippen LogP contribution is -2.63. The SMILES string of the molecule is Cc1ccc([C@H]2[C@H](N)C(=O)N2c2ccc3c(c2)OCO3)cc1. The summed E-state index contributed by atoms with van der Waals surface area (Å²) in [7, 11) is 0. The molecule has 2 N–H and O–H groups in total. The number of anilines is 1. The largest absolute Gasteiger partial charge is 0.454 e. The number of hydrogen-bond acceptors (Lipinski definition) is 4. The number of hydrogen-bond donors (Lipinski definition) is 1. The first-order valence-corrected chi connectivity index (χ1v) is 7.20. The van der Waals surface area contributed by atoms with Crippen molar-refractivity contribution in [2.24, 2.45) is 5.73 Å². The maximum atomic E-state index is 12.2. The van der Waals surface area contributed by atoms with Gasteiger partial charge in [0.2, 0.25) is 12.7 Å². The molecule has 2 aliphatic rings. The number of amides is 1. The molecule has 0 aromatic heterocycles. The molecule has 112 valence electrons. The van der Waals surface area contributed by atoms with Crippen molar-refractivity contribution in [2.75, 3.05) is 11.7 Å². The Bertz CT molecular complexity index is 742. The molecule has 2 aromatic carbocycles. The van der Waals surface area contributed by atoms with Crippen LogP contribution in [0.3, 0.4) is 0 Å². The Morgan fingerprint density at radius 2 is 1.82 bits per heavy atom. The van der Waals surface area contributed by atoms with Crippen molar-refractivity contribution < 1.29 is 14.3 Å². The molecule has 0 saturated carbocycles. The molecule has 2 atom stereocenters. The quantitative estimate of drug-likeness (QED) is 0.862. The zero-order chi connectivity index (χ0) is 15.3. The number of β-lactam (4-membered cyclic amide) rings is 1. The van der Waals surface area contributed by atoms with Crippen LogP contribution in [-0.4, -0.2) is 18.7 Å². The van der Waals surface area contributed by atoms with Crippen molar-refractivity contribution >= 4 is 11.6 Å². The molecule has 5 nitrogen and oxygen atoms in total. The highest BCUT2D eigenvalue weighted by Crippen LogP contribution is 2.42. The molecule has 0 aliphatic carbocycles. The summed E-state index contributed by atoms with van der Waals surface area (Å²) in [6, 6.07) is 13.0. The van der Waals surface area contributed by atoms with E-state index in [4.69, 9.17) is 15.2 Å². The zero-order valence-electron chi connectivity index (χ0n) is 12.2. The molecular formula is C17H16N2O3. The normalized spacial score (nSPS) is 22.6. The predicted octanol–water partition coefficient (Wildman–Crippen LogP) is 2.14. The van der Waals surface area contributed by atoms with Gasteiger partial charge < -0.3 is 20.1 Å². The Balaban J connectivity index is 1.70. The van der Waals surface area contributed by atoms with E-state index in [-0.39, 0.29) is 18.7 Å². The predicted molar refractivity (Wildman–Crippen MR) is 81.9 cm³/mol. The minimum atomic E-state index is -0.506. The van der Waals surface area contributed by atoms with Gasteiger partial charge in [-0.15, -0.1) is 0 Å². The summed E-state index contributed by atoms with van der Waals surface area (Å²) in [6.07, 6.45) is 0. The van der Waals surface area contributed by atoms with Gasteiger partial charge in [0.25, 0.3) is 0 Å². The molecule has 4 rings (SSSR count). The van der Waals surface area contributed by atoms with Crippen LogP contribution in [0, 0.1) is 6.92 Å². The van der Waals surface area contributed by atoms with Gasteiger partial charge in [-0.25, -0.2) is 0 Å². The average Bonchev–Trinajstić information content (AvgIpc) is 3.00. The van der Waals surface area contributed by atoms with Gasteiger partial charge in [0.15, 0.2) is 11.5 Å². The van der Waals surface area contributed by atoms with Crippen molar-refractivity contribution in [2.45, 2.75) is 19.0 Å². The van der Waals surface area contributed by atoms with Gasteiger partial charge in [-0.3, -0.25) is 4.79 Å². The summed E-state index contributed by atoms with van der Waals surface area (Å²) in [5.74, 6) is 1.28. The third-order valence-corrected chi connectivity index (χ3v) is 4.19. The van der Waals surface area contributed by atoms with Crippen LogP contribution in [-0.2, 0) is 4.79 Å². The molecule has 0 radical (unpaired) electrons. The molecule has 2 heterocycles. The summed E-state index contributed by atoms with van der Waals surface area (Å²) in [4.78, 5) is 14.0. The minimum absolute atomic E-state index is 0.0792. The fraction of sp³-hybridized carbons (Fsp3) is 0.235. The van der Waals surface area contributed by atoms with E-state index in [9.17, 15) is 4.79 Å². The van der Waals surface area contributed by atoms with Crippen LogP contribution in [0.15, 0.2) is 42.5 Å². The Labute approximate surface area is 128 Å². The first-order valence-electron chi connectivity index (χ1n) is 7.20. The standard InChI is InChI=1S/C17H16N2O3/c1-10-2-4-11(5-3-10)16-15(18)17(20)19(16)12-6-7-13-14(8-12)22-9-21-13/h2-8,15-16H,9,18H2,1H3/t15-,16-/m0/s1. The molecule has 1 saturated heterocycles. The molecular weight excluding hydrogens is 280 g/mol. The van der Waals surface area contributed by atoms with Crippen LogP contribution in [0.25, 0.3) is 0 Å². The molecule has 5 heteroatoms. The number of fused-ring (bicyclic) bond motifs is 1. The monoisotopic (exact) mass is 296 g/mol. The van der Waals surface area contributed by atoms with E-state index in [1.807, 2.05) is 49.4 Å². The lowest BCUT2D eigenvalue weighted by molar-refractivity contribution is -0.126. The van der Waals surface area contributed by atoms with Crippen molar-refractivity contribution in [3.63, 3.8) is 0 Å². The summed E-state index contributed by atoms with van der Waals surface area (Å²) >= 11 is 0. The average molecular weight is 296 g/mol. The fourth-order valence-electron chi connectivity index (χ4n) is 2.95. The van der Waals surface area contributed by atoms with Gasteiger partial charge in [0, 0.05) is 11.8 Å². The van der Waals surface area contributed by atoms with Crippen LogP contribution in [0.5, 0.6) is 11.5 Å². The zero-order valence-corrected chi connectivity index (χ0v) is 12.2. The third-order valence-electron chi connectivity index (χ3n) is 4.19. The number of carbonyl (C=O) groups is 1. The molecule has 0 spiro atoms. The van der Waals surface area contributed by atoms with Crippen molar-refractivity contribution in [3.05, 3.63) is 53.6 Å². The molecule has 0 unspecified atom stereocenters. The Morgan fingerprint density at radius 3 is 2.59 bits per heavy atom. The second kappa shape index (κ2) is 4.74. The van der Waals surface area contributed by atoms with Crippen LogP contribution in [0.1, 0.15) is 17.2 Å². The fourth-order valence-corrected chi connectivity index (χ4v) is 2.95. The number of nitrogens with zero attached hydrogens (tertiary/aromatic N) is 1. The topological polar surface area (TPSA) is 64.8 Å². The number of rotatable bonds is 2. The van der Waals surface area contributed by atoms with Crippen LogP contribution < -0.4 is 20.1 Å². The Morgan fingerprint density at radius 1 is 1.09 bits per heavy atom. The van der Waals surface area contributed by atoms with E-state index in [0.29, 0.717) is 11.5 Å². The maximum Gasteiger partial charge on any atom is 0.247 e. The summed E-state index contributed by atoms with van der Waals surface area (Å²) in [5.41, 5.74) is 9.02. The van der Waals surface area contributed by atoms with Gasteiger partial charge in [-0.1, -0.05) is 29.8 Å². The highest BCUT2D eigenvalue weighted by Gasteiger charge is 2.46. The van der Waals surface area contributed by atoms with E-state index in [2.05, 4.69) is 0 Å². The van der Waals surface area contributed by atoms with E-state index >= 15 is 0 Å². The molecule has 2 aliphatic heterocycles. The van der Waals surface area contributed by atoms with E-state index in [0.717, 1.165) is 11.3 Å². The smallest absolute Gasteiger partial charge is 0.247 e. The highest BCUT2D eigenvalue weighted by molar-refractivity contribution is 6.05. The number of aryl methyl sites for hydroxylation is 1. The van der Waals surface area contributed by atoms with Crippen molar-refractivity contribution in [1.29, 1.82) is 0 Å². The molecule has 0 bridgehead atoms. The van der Waals surface area contributed by atoms with E-state index in [1.54, 1.807) is 4.90 Å². The first-order chi connectivity index (χ1) is 10.6. The molecule has 1 fully saturated rings. The Hall–Kier alpha value is -2.53. The second-order valence-electron chi connectivity index (χ2n) is 5.63. The third kappa shape index (κ3) is 1.86. The lowest BCUT2D eigenvalue weighted by atomic mass is 9.88. The first kappa shape index (κ1) is 13.2. The Kier molecular flexibility index (Phi) is 2.84. The summed E-state index contributed by atoms with van der Waals surface area (Å²) < 4.78 is 10.7. The molecule has 1 amide bonds. The van der Waals surface area contributed by atoms with Gasteiger partial charge in [-0.2, -0.15) is 0 Å². The maximum absolute atomic E-state index is 12.2. The number of ether oxygens (including phenoxy) is 2. The number of carbonyl (C=O) groups excluding carboxylic acids is 1. The number of benzene rings is 2. The highest BCUT2D eigenvalue weighted by atomic mass is 16.7.